The molecule has 0 amide bonds. The molecule has 1 saturated heterocycles. The zero-order valence-electron chi connectivity index (χ0n) is 14.0. The highest BCUT2D eigenvalue weighted by atomic mass is 16.5. The SMILES string of the molecule is COc1cc(C(C(=O)O)N2CCN(CC(C)C)CC2)ccc1O. The molecule has 1 atom stereocenters. The van der Waals surface area contributed by atoms with Crippen molar-refractivity contribution in [3.8, 4) is 11.5 Å². The molecule has 1 unspecified atom stereocenters. The lowest BCUT2D eigenvalue weighted by Gasteiger charge is -2.38. The maximum absolute atomic E-state index is 11.8. The van der Waals surface area contributed by atoms with Gasteiger partial charge in [-0.3, -0.25) is 9.69 Å². The third kappa shape index (κ3) is 4.36. The third-order valence-corrected chi connectivity index (χ3v) is 4.15. The highest BCUT2D eigenvalue weighted by Gasteiger charge is 2.31. The van der Waals surface area contributed by atoms with Crippen LogP contribution in [0.5, 0.6) is 11.5 Å². The Morgan fingerprint density at radius 2 is 1.91 bits per heavy atom. The van der Waals surface area contributed by atoms with Crippen molar-refractivity contribution in [2.45, 2.75) is 19.9 Å². The molecule has 2 rings (SSSR count). The minimum absolute atomic E-state index is 0.0159. The standard InChI is InChI=1S/C17H26N2O4/c1-12(2)11-18-6-8-19(9-7-18)16(17(21)22)13-4-5-14(20)15(10-13)23-3/h4-5,10,12,16,20H,6-9,11H2,1-3H3,(H,21,22). The summed E-state index contributed by atoms with van der Waals surface area (Å²) in [6, 6.07) is 4.02. The molecule has 1 fully saturated rings. The van der Waals surface area contributed by atoms with E-state index in [1.807, 2.05) is 4.90 Å². The number of nitrogens with zero attached hydrogens (tertiary/aromatic N) is 2. The lowest BCUT2D eigenvalue weighted by Crippen LogP contribution is -2.49. The molecule has 128 valence electrons. The first-order chi connectivity index (χ1) is 10.9. The number of phenolic OH excluding ortho intramolecular Hbond substituents is 1. The normalized spacial score (nSPS) is 18.1. The molecular formula is C17H26N2O4. The smallest absolute Gasteiger partial charge is 0.325 e. The molecule has 1 aliphatic heterocycles. The summed E-state index contributed by atoms with van der Waals surface area (Å²) < 4.78 is 5.09. The molecule has 1 aromatic carbocycles. The Bertz CT molecular complexity index is 539. The van der Waals surface area contributed by atoms with Crippen LogP contribution >= 0.6 is 0 Å². The van der Waals surface area contributed by atoms with Gasteiger partial charge in [-0.05, 0) is 23.6 Å². The molecule has 0 aliphatic carbocycles. The average molecular weight is 322 g/mol. The molecule has 0 spiro atoms. The first kappa shape index (κ1) is 17.6. The van der Waals surface area contributed by atoms with Crippen LogP contribution in [0.25, 0.3) is 0 Å². The largest absolute Gasteiger partial charge is 0.504 e. The van der Waals surface area contributed by atoms with Crippen molar-refractivity contribution >= 4 is 5.97 Å². The molecule has 0 aromatic heterocycles. The van der Waals surface area contributed by atoms with E-state index in [1.165, 1.54) is 13.2 Å². The molecule has 1 aromatic rings. The zero-order valence-corrected chi connectivity index (χ0v) is 14.0. The number of carboxylic acid groups (broad SMARTS) is 1. The van der Waals surface area contributed by atoms with Gasteiger partial charge in [-0.25, -0.2) is 0 Å². The second kappa shape index (κ2) is 7.66. The summed E-state index contributed by atoms with van der Waals surface area (Å²) in [5.74, 6) is 0.0440. The van der Waals surface area contributed by atoms with Gasteiger partial charge in [0.2, 0.25) is 0 Å². The van der Waals surface area contributed by atoms with Gasteiger partial charge >= 0.3 is 5.97 Å². The lowest BCUT2D eigenvalue weighted by atomic mass is 10.0. The lowest BCUT2D eigenvalue weighted by molar-refractivity contribution is -0.144. The Kier molecular flexibility index (Phi) is 5.85. The zero-order chi connectivity index (χ0) is 17.0. The van der Waals surface area contributed by atoms with Gasteiger partial charge in [0.05, 0.1) is 7.11 Å². The van der Waals surface area contributed by atoms with E-state index in [4.69, 9.17) is 4.74 Å². The van der Waals surface area contributed by atoms with Crippen LogP contribution in [0.3, 0.4) is 0 Å². The Labute approximate surface area is 137 Å². The van der Waals surface area contributed by atoms with E-state index in [0.29, 0.717) is 30.3 Å². The maximum Gasteiger partial charge on any atom is 0.325 e. The summed E-state index contributed by atoms with van der Waals surface area (Å²) in [4.78, 5) is 16.1. The number of phenols is 1. The minimum atomic E-state index is -0.880. The Morgan fingerprint density at radius 3 is 2.43 bits per heavy atom. The van der Waals surface area contributed by atoms with Crippen LogP contribution in [0.1, 0.15) is 25.5 Å². The van der Waals surface area contributed by atoms with Gasteiger partial charge in [0.25, 0.3) is 0 Å². The monoisotopic (exact) mass is 322 g/mol. The van der Waals surface area contributed by atoms with E-state index in [2.05, 4.69) is 18.7 Å². The van der Waals surface area contributed by atoms with Gasteiger partial charge in [0, 0.05) is 32.7 Å². The molecule has 6 nitrogen and oxygen atoms in total. The summed E-state index contributed by atoms with van der Waals surface area (Å²) in [6.45, 7) is 8.59. The van der Waals surface area contributed by atoms with E-state index < -0.39 is 12.0 Å². The van der Waals surface area contributed by atoms with E-state index in [1.54, 1.807) is 12.1 Å². The molecule has 1 aliphatic rings. The highest BCUT2D eigenvalue weighted by molar-refractivity contribution is 5.76. The number of aromatic hydroxyl groups is 1. The highest BCUT2D eigenvalue weighted by Crippen LogP contribution is 2.31. The number of carboxylic acids is 1. The summed E-state index contributed by atoms with van der Waals surface area (Å²) in [5, 5.41) is 19.4. The topological polar surface area (TPSA) is 73.2 Å². The fourth-order valence-corrected chi connectivity index (χ4v) is 3.09. The predicted molar refractivity (Wildman–Crippen MR) is 87.9 cm³/mol. The quantitative estimate of drug-likeness (QED) is 0.832. The van der Waals surface area contributed by atoms with Gasteiger partial charge in [0.15, 0.2) is 11.5 Å². The molecule has 23 heavy (non-hydrogen) atoms. The summed E-state index contributed by atoms with van der Waals surface area (Å²) in [6.07, 6.45) is 0. The molecule has 0 radical (unpaired) electrons. The first-order valence-corrected chi connectivity index (χ1v) is 7.98. The van der Waals surface area contributed by atoms with Crippen molar-refractivity contribution in [3.63, 3.8) is 0 Å². The number of benzene rings is 1. The number of aliphatic carboxylic acids is 1. The number of hydrogen-bond acceptors (Lipinski definition) is 5. The van der Waals surface area contributed by atoms with Crippen LogP contribution in [0.4, 0.5) is 0 Å². The van der Waals surface area contributed by atoms with Crippen molar-refractivity contribution in [2.24, 2.45) is 5.92 Å². The fraction of sp³-hybridized carbons (Fsp3) is 0.588. The van der Waals surface area contributed by atoms with Gasteiger partial charge in [-0.1, -0.05) is 19.9 Å². The number of rotatable bonds is 6. The van der Waals surface area contributed by atoms with Crippen LogP contribution in [0.2, 0.25) is 0 Å². The van der Waals surface area contributed by atoms with Crippen LogP contribution in [0, 0.1) is 5.92 Å². The van der Waals surface area contributed by atoms with Gasteiger partial charge in [-0.15, -0.1) is 0 Å². The number of ether oxygens (including phenoxy) is 1. The molecule has 0 saturated carbocycles. The van der Waals surface area contributed by atoms with Gasteiger partial charge < -0.3 is 19.8 Å². The van der Waals surface area contributed by atoms with Crippen molar-refractivity contribution in [1.82, 2.24) is 9.80 Å². The second-order valence-electron chi connectivity index (χ2n) is 6.40. The van der Waals surface area contributed by atoms with Crippen LogP contribution in [-0.4, -0.2) is 65.8 Å². The Hall–Kier alpha value is -1.79. The van der Waals surface area contributed by atoms with E-state index in [0.717, 1.165) is 19.6 Å². The summed E-state index contributed by atoms with van der Waals surface area (Å²) in [7, 11) is 1.46. The Morgan fingerprint density at radius 1 is 1.26 bits per heavy atom. The number of hydrogen-bond donors (Lipinski definition) is 2. The summed E-state index contributed by atoms with van der Waals surface area (Å²) >= 11 is 0. The molecule has 1 heterocycles. The van der Waals surface area contributed by atoms with Crippen molar-refractivity contribution < 1.29 is 19.7 Å². The average Bonchev–Trinajstić information content (AvgIpc) is 2.50. The van der Waals surface area contributed by atoms with E-state index in [9.17, 15) is 15.0 Å². The predicted octanol–water partition coefficient (Wildman–Crippen LogP) is 1.80. The van der Waals surface area contributed by atoms with Crippen molar-refractivity contribution in [1.29, 1.82) is 0 Å². The number of methoxy groups -OCH3 is 1. The van der Waals surface area contributed by atoms with E-state index in [-0.39, 0.29) is 5.75 Å². The maximum atomic E-state index is 11.8. The second-order valence-corrected chi connectivity index (χ2v) is 6.40. The Balaban J connectivity index is 2.12. The fourth-order valence-electron chi connectivity index (χ4n) is 3.09. The number of carbonyl (C=O) groups is 1. The first-order valence-electron chi connectivity index (χ1n) is 7.98. The molecule has 6 heteroatoms. The molecular weight excluding hydrogens is 296 g/mol. The number of piperazine rings is 1. The minimum Gasteiger partial charge on any atom is -0.504 e. The third-order valence-electron chi connectivity index (χ3n) is 4.15. The summed E-state index contributed by atoms with van der Waals surface area (Å²) in [5.41, 5.74) is 0.629. The molecule has 0 bridgehead atoms. The van der Waals surface area contributed by atoms with Crippen LogP contribution in [-0.2, 0) is 4.79 Å². The van der Waals surface area contributed by atoms with Crippen molar-refractivity contribution in [2.75, 3.05) is 39.8 Å². The van der Waals surface area contributed by atoms with Crippen LogP contribution < -0.4 is 4.74 Å². The van der Waals surface area contributed by atoms with Gasteiger partial charge in [-0.2, -0.15) is 0 Å². The van der Waals surface area contributed by atoms with Crippen LogP contribution in [0.15, 0.2) is 18.2 Å². The van der Waals surface area contributed by atoms with Crippen molar-refractivity contribution in [3.05, 3.63) is 23.8 Å². The van der Waals surface area contributed by atoms with E-state index >= 15 is 0 Å². The molecule has 2 N–H and O–H groups in total. The van der Waals surface area contributed by atoms with Gasteiger partial charge in [0.1, 0.15) is 6.04 Å².